The smallest absolute Gasteiger partial charge is 0.293 e. The van der Waals surface area contributed by atoms with Gasteiger partial charge in [-0.3, -0.25) is 24.1 Å². The number of hydrogen-bond donors (Lipinski definition) is 4. The van der Waals surface area contributed by atoms with Crippen LogP contribution in [0.5, 0.6) is 11.5 Å². The summed E-state index contributed by atoms with van der Waals surface area (Å²) in [5, 5.41) is 12.6. The van der Waals surface area contributed by atoms with E-state index >= 15 is 0 Å². The maximum atomic E-state index is 13.4. The third-order valence-corrected chi connectivity index (χ3v) is 8.94. The monoisotopic (exact) mass is 582 g/mol. The van der Waals surface area contributed by atoms with Crippen LogP contribution in [0.2, 0.25) is 0 Å². The number of amides is 4. The van der Waals surface area contributed by atoms with Gasteiger partial charge in [-0.25, -0.2) is 0 Å². The van der Waals surface area contributed by atoms with Gasteiger partial charge in [-0.15, -0.1) is 0 Å². The molecule has 12 heteroatoms. The van der Waals surface area contributed by atoms with E-state index in [1.165, 1.54) is 30.6 Å². The van der Waals surface area contributed by atoms with Crippen LogP contribution in [-0.4, -0.2) is 58.7 Å². The molecule has 218 valence electrons. The number of rotatable bonds is 11. The number of furan rings is 1. The number of hydrogen-bond acceptors (Lipinski definition) is 9. The summed E-state index contributed by atoms with van der Waals surface area (Å²) >= 11 is 0.923. The van der Waals surface area contributed by atoms with Gasteiger partial charge in [0.1, 0.15) is 23.0 Å². The molecule has 11 nitrogen and oxygen atoms in total. The van der Waals surface area contributed by atoms with Gasteiger partial charge in [0, 0.05) is 30.3 Å². The molecule has 2 aliphatic carbocycles. The number of imide groups is 1. The Morgan fingerprint density at radius 2 is 2.05 bits per heavy atom. The molecule has 2 aromatic rings. The molecular formula is C29H34N4O7S. The normalized spacial score (nSPS) is 23.4. The third-order valence-electron chi connectivity index (χ3n) is 8.05. The minimum atomic E-state index is -1.02. The molecule has 2 bridgehead atoms. The van der Waals surface area contributed by atoms with Gasteiger partial charge < -0.3 is 31.0 Å². The van der Waals surface area contributed by atoms with E-state index in [-0.39, 0.29) is 35.9 Å². The summed E-state index contributed by atoms with van der Waals surface area (Å²) < 4.78 is 11.4. The zero-order valence-electron chi connectivity index (χ0n) is 22.8. The molecule has 4 amide bonds. The summed E-state index contributed by atoms with van der Waals surface area (Å²) in [6.45, 7) is 0.284. The summed E-state index contributed by atoms with van der Waals surface area (Å²) in [6, 6.07) is 5.48. The Hall–Kier alpha value is -3.77. The van der Waals surface area contributed by atoms with E-state index in [0.29, 0.717) is 52.4 Å². The average Bonchev–Trinajstić information content (AvgIpc) is 3.70. The highest BCUT2D eigenvalue weighted by atomic mass is 32.2. The first-order chi connectivity index (χ1) is 19.6. The Bertz CT molecular complexity index is 1400. The van der Waals surface area contributed by atoms with E-state index in [4.69, 9.17) is 20.6 Å². The molecule has 6 N–H and O–H groups in total. The van der Waals surface area contributed by atoms with Gasteiger partial charge in [0.15, 0.2) is 0 Å². The van der Waals surface area contributed by atoms with Gasteiger partial charge in [0.2, 0.25) is 11.8 Å². The van der Waals surface area contributed by atoms with E-state index in [0.717, 1.165) is 36.6 Å². The summed E-state index contributed by atoms with van der Waals surface area (Å²) in [5.74, 6) is 0.852. The second kappa shape index (κ2) is 12.0. The Labute approximate surface area is 241 Å². The first-order valence-electron chi connectivity index (χ1n) is 13.7. The van der Waals surface area contributed by atoms with Crippen LogP contribution >= 0.6 is 11.8 Å². The van der Waals surface area contributed by atoms with Crippen molar-refractivity contribution in [3.8, 4) is 22.8 Å². The number of benzene rings is 1. The number of phenols is 1. The average molecular weight is 583 g/mol. The molecular weight excluding hydrogens is 548 g/mol. The lowest BCUT2D eigenvalue weighted by molar-refractivity contribution is -0.126. The zero-order chi connectivity index (χ0) is 29.3. The van der Waals surface area contributed by atoms with E-state index < -0.39 is 17.9 Å². The molecule has 3 unspecified atom stereocenters. The topological polar surface area (TPSA) is 178 Å². The molecule has 5 rings (SSSR count). The van der Waals surface area contributed by atoms with Crippen molar-refractivity contribution >= 4 is 40.8 Å². The fourth-order valence-electron chi connectivity index (χ4n) is 6.09. The number of carbonyl (C=O) groups is 4. The summed E-state index contributed by atoms with van der Waals surface area (Å²) in [6.07, 6.45) is 6.51. The van der Waals surface area contributed by atoms with Crippen LogP contribution in [0.1, 0.15) is 49.8 Å². The molecule has 1 aromatic heterocycles. The zero-order valence-corrected chi connectivity index (χ0v) is 23.6. The molecule has 1 saturated heterocycles. The van der Waals surface area contributed by atoms with E-state index in [1.54, 1.807) is 18.2 Å². The number of nitrogens with two attached hydrogens (primary N) is 2. The van der Waals surface area contributed by atoms with Gasteiger partial charge in [-0.2, -0.15) is 0 Å². The second-order valence-electron chi connectivity index (χ2n) is 10.9. The fourth-order valence-corrected chi connectivity index (χ4v) is 6.95. The van der Waals surface area contributed by atoms with Crippen LogP contribution in [0.15, 0.2) is 33.6 Å². The maximum Gasteiger partial charge on any atom is 0.293 e. The number of phenolic OH excluding ortho intramolecular Hbond substituents is 1. The predicted molar refractivity (Wildman–Crippen MR) is 153 cm³/mol. The van der Waals surface area contributed by atoms with E-state index in [1.807, 2.05) is 0 Å². The quantitative estimate of drug-likeness (QED) is 0.229. The standard InChI is InChI=1S/C29H34N4O7S/c1-39-20-10-18(9-19(34)12-20)23-11-17(3-2-6-32-27(36)21(30)13-26(31)35)24(40-23)14-25-28(37)33(29(38)41-25)22-8-15-4-5-16(22)7-15/h9-12,14-16,21-22,34H,2-8,13,30H2,1H3,(H2,31,35)(H,32,36)/b25-14-/t15?,16?,21-,22?/m0/s1. The Kier molecular flexibility index (Phi) is 8.41. The van der Waals surface area contributed by atoms with Gasteiger partial charge in [-0.1, -0.05) is 6.42 Å². The highest BCUT2D eigenvalue weighted by Crippen LogP contribution is 2.49. The lowest BCUT2D eigenvalue weighted by Gasteiger charge is -2.28. The Morgan fingerprint density at radius 1 is 1.24 bits per heavy atom. The number of nitrogens with zero attached hydrogens (tertiary/aromatic N) is 1. The van der Waals surface area contributed by atoms with Crippen molar-refractivity contribution in [2.75, 3.05) is 13.7 Å². The predicted octanol–water partition coefficient (Wildman–Crippen LogP) is 3.14. The molecule has 1 aromatic carbocycles. The van der Waals surface area contributed by atoms with Crippen LogP contribution in [-0.2, 0) is 20.8 Å². The van der Waals surface area contributed by atoms with E-state index in [2.05, 4.69) is 5.32 Å². The van der Waals surface area contributed by atoms with Crippen LogP contribution in [0.4, 0.5) is 4.79 Å². The highest BCUT2D eigenvalue weighted by Gasteiger charge is 2.49. The van der Waals surface area contributed by atoms with E-state index in [9.17, 15) is 24.3 Å². The van der Waals surface area contributed by atoms with Crippen molar-refractivity contribution in [3.63, 3.8) is 0 Å². The molecule has 3 fully saturated rings. The van der Waals surface area contributed by atoms with Crippen molar-refractivity contribution < 1.29 is 33.4 Å². The number of primary amides is 1. The Morgan fingerprint density at radius 3 is 2.73 bits per heavy atom. The first kappa shape index (κ1) is 28.7. The lowest BCUT2D eigenvalue weighted by Crippen LogP contribution is -2.43. The van der Waals surface area contributed by atoms with Gasteiger partial charge in [-0.05, 0) is 79.5 Å². The number of nitrogens with one attached hydrogen (secondary N) is 1. The molecule has 0 radical (unpaired) electrons. The maximum absolute atomic E-state index is 13.4. The second-order valence-corrected chi connectivity index (χ2v) is 11.9. The lowest BCUT2D eigenvalue weighted by atomic mass is 9.94. The van der Waals surface area contributed by atoms with Crippen molar-refractivity contribution in [3.05, 3.63) is 40.5 Å². The van der Waals surface area contributed by atoms with Gasteiger partial charge >= 0.3 is 0 Å². The number of methoxy groups -OCH3 is 1. The van der Waals surface area contributed by atoms with Crippen molar-refractivity contribution in [1.82, 2.24) is 10.2 Å². The van der Waals surface area contributed by atoms with Crippen LogP contribution in [0.25, 0.3) is 17.4 Å². The van der Waals surface area contributed by atoms with Crippen LogP contribution in [0, 0.1) is 11.8 Å². The van der Waals surface area contributed by atoms with Crippen molar-refractivity contribution in [1.29, 1.82) is 0 Å². The molecule has 41 heavy (non-hydrogen) atoms. The van der Waals surface area contributed by atoms with Gasteiger partial charge in [0.25, 0.3) is 11.1 Å². The Balaban J connectivity index is 1.36. The summed E-state index contributed by atoms with van der Waals surface area (Å²) in [7, 11) is 1.49. The molecule has 0 spiro atoms. The minimum Gasteiger partial charge on any atom is -0.508 e. The van der Waals surface area contributed by atoms with Crippen LogP contribution in [0.3, 0.4) is 0 Å². The number of ether oxygens (including phenoxy) is 1. The minimum absolute atomic E-state index is 0.000781. The van der Waals surface area contributed by atoms with Gasteiger partial charge in [0.05, 0.1) is 24.5 Å². The number of aromatic hydroxyl groups is 1. The number of aryl methyl sites for hydroxylation is 1. The summed E-state index contributed by atoms with van der Waals surface area (Å²) in [5.41, 5.74) is 12.1. The molecule has 2 saturated carbocycles. The SMILES string of the molecule is COc1cc(O)cc(-c2cc(CCCNC(=O)[C@@H](N)CC(N)=O)c(/C=C3\SC(=O)N(C4CC5CCC4C5)C3=O)o2)c1. The molecule has 2 heterocycles. The first-order valence-corrected chi connectivity index (χ1v) is 14.5. The van der Waals surface area contributed by atoms with Crippen molar-refractivity contribution in [2.24, 2.45) is 23.3 Å². The highest BCUT2D eigenvalue weighted by molar-refractivity contribution is 8.18. The third kappa shape index (κ3) is 6.28. The number of carbonyl (C=O) groups excluding carboxylic acids is 4. The molecule has 4 atom stereocenters. The largest absolute Gasteiger partial charge is 0.508 e. The van der Waals surface area contributed by atoms with Crippen LogP contribution < -0.4 is 21.5 Å². The van der Waals surface area contributed by atoms with Crippen molar-refractivity contribution in [2.45, 2.75) is 57.0 Å². The molecule has 1 aliphatic heterocycles. The number of thioether (sulfide) groups is 1. The molecule has 3 aliphatic rings. The number of fused-ring (bicyclic) bond motifs is 2. The fraction of sp³-hybridized carbons (Fsp3) is 0.448. The summed E-state index contributed by atoms with van der Waals surface area (Å²) in [4.78, 5) is 51.3.